The first-order valence-electron chi connectivity index (χ1n) is 5.30. The molecule has 0 aliphatic carbocycles. The third-order valence-corrected chi connectivity index (χ3v) is 3.05. The van der Waals surface area contributed by atoms with Gasteiger partial charge in [0.1, 0.15) is 11.6 Å². The summed E-state index contributed by atoms with van der Waals surface area (Å²) in [6, 6.07) is 11.7. The molecular weight excluding hydrogens is 295 g/mol. The SMILES string of the molecule is COc1ccc(Br)c(C#Cc2ccc(F)cc2)c1. The maximum atomic E-state index is 12.7. The molecule has 0 radical (unpaired) electrons. The van der Waals surface area contributed by atoms with Crippen LogP contribution in [0, 0.1) is 17.7 Å². The van der Waals surface area contributed by atoms with Crippen molar-refractivity contribution in [3.05, 3.63) is 63.9 Å². The van der Waals surface area contributed by atoms with Gasteiger partial charge in [0.25, 0.3) is 0 Å². The van der Waals surface area contributed by atoms with E-state index in [9.17, 15) is 4.39 Å². The van der Waals surface area contributed by atoms with Crippen molar-refractivity contribution >= 4 is 15.9 Å². The molecule has 2 aromatic carbocycles. The number of rotatable bonds is 1. The molecule has 18 heavy (non-hydrogen) atoms. The maximum Gasteiger partial charge on any atom is 0.123 e. The third-order valence-electron chi connectivity index (χ3n) is 2.36. The van der Waals surface area contributed by atoms with Crippen LogP contribution in [0.2, 0.25) is 0 Å². The van der Waals surface area contributed by atoms with Gasteiger partial charge in [-0.15, -0.1) is 0 Å². The summed E-state index contributed by atoms with van der Waals surface area (Å²) < 4.78 is 18.8. The molecule has 0 spiro atoms. The van der Waals surface area contributed by atoms with E-state index in [1.807, 2.05) is 18.2 Å². The maximum absolute atomic E-state index is 12.7. The molecule has 0 aliphatic rings. The highest BCUT2D eigenvalue weighted by atomic mass is 79.9. The summed E-state index contributed by atoms with van der Waals surface area (Å²) in [5.41, 5.74) is 1.60. The van der Waals surface area contributed by atoms with E-state index in [0.29, 0.717) is 0 Å². The van der Waals surface area contributed by atoms with Gasteiger partial charge in [0.05, 0.1) is 7.11 Å². The van der Waals surface area contributed by atoms with E-state index in [-0.39, 0.29) is 5.82 Å². The Morgan fingerprint density at radius 3 is 2.44 bits per heavy atom. The fourth-order valence-corrected chi connectivity index (χ4v) is 1.75. The smallest absolute Gasteiger partial charge is 0.123 e. The largest absolute Gasteiger partial charge is 0.497 e. The Bertz CT molecular complexity index is 609. The Morgan fingerprint density at radius 2 is 1.78 bits per heavy atom. The Balaban J connectivity index is 2.31. The van der Waals surface area contributed by atoms with E-state index in [4.69, 9.17) is 4.74 Å². The zero-order valence-electron chi connectivity index (χ0n) is 9.71. The van der Waals surface area contributed by atoms with Gasteiger partial charge in [-0.1, -0.05) is 11.8 Å². The third kappa shape index (κ3) is 3.12. The molecule has 0 atom stereocenters. The molecule has 3 heteroatoms. The first-order chi connectivity index (χ1) is 8.69. The van der Waals surface area contributed by atoms with E-state index in [0.717, 1.165) is 21.3 Å². The van der Waals surface area contributed by atoms with E-state index in [2.05, 4.69) is 27.8 Å². The quantitative estimate of drug-likeness (QED) is 0.724. The standard InChI is InChI=1S/C15H10BrFO/c1-18-14-8-9-15(16)12(10-14)5-2-11-3-6-13(17)7-4-11/h3-4,6-10H,1H3. The Kier molecular flexibility index (Phi) is 4.01. The molecule has 0 N–H and O–H groups in total. The van der Waals surface area contributed by atoms with Crippen molar-refractivity contribution in [2.45, 2.75) is 0 Å². The van der Waals surface area contributed by atoms with Crippen LogP contribution in [0.3, 0.4) is 0 Å². The van der Waals surface area contributed by atoms with Gasteiger partial charge < -0.3 is 4.74 Å². The summed E-state index contributed by atoms with van der Waals surface area (Å²) in [5.74, 6) is 6.49. The topological polar surface area (TPSA) is 9.23 Å². The predicted molar refractivity (Wildman–Crippen MR) is 73.1 cm³/mol. The normalized spacial score (nSPS) is 9.50. The van der Waals surface area contributed by atoms with E-state index in [1.165, 1.54) is 12.1 Å². The molecule has 0 heterocycles. The van der Waals surface area contributed by atoms with Crippen LogP contribution in [0.15, 0.2) is 46.9 Å². The zero-order valence-corrected chi connectivity index (χ0v) is 11.3. The highest BCUT2D eigenvalue weighted by molar-refractivity contribution is 9.10. The summed E-state index contributed by atoms with van der Waals surface area (Å²) in [5, 5.41) is 0. The van der Waals surface area contributed by atoms with Gasteiger partial charge in [-0.3, -0.25) is 0 Å². The lowest BCUT2D eigenvalue weighted by molar-refractivity contribution is 0.414. The summed E-state index contributed by atoms with van der Waals surface area (Å²) >= 11 is 3.43. The number of halogens is 2. The van der Waals surface area contributed by atoms with Crippen LogP contribution in [-0.2, 0) is 0 Å². The minimum atomic E-state index is -0.261. The average Bonchev–Trinajstić information content (AvgIpc) is 2.40. The lowest BCUT2D eigenvalue weighted by atomic mass is 10.2. The first kappa shape index (κ1) is 12.7. The molecule has 2 rings (SSSR count). The van der Waals surface area contributed by atoms with Gasteiger partial charge in [0, 0.05) is 15.6 Å². The van der Waals surface area contributed by atoms with Crippen molar-refractivity contribution < 1.29 is 9.13 Å². The van der Waals surface area contributed by atoms with Crippen LogP contribution < -0.4 is 4.74 Å². The zero-order chi connectivity index (χ0) is 13.0. The molecular formula is C15H10BrFO. The number of hydrogen-bond donors (Lipinski definition) is 0. The van der Waals surface area contributed by atoms with Crippen molar-refractivity contribution in [3.63, 3.8) is 0 Å². The van der Waals surface area contributed by atoms with Gasteiger partial charge in [0.2, 0.25) is 0 Å². The molecule has 1 nitrogen and oxygen atoms in total. The second kappa shape index (κ2) is 5.70. The monoisotopic (exact) mass is 304 g/mol. The second-order valence-electron chi connectivity index (χ2n) is 3.60. The molecule has 0 unspecified atom stereocenters. The minimum Gasteiger partial charge on any atom is -0.497 e. The number of methoxy groups -OCH3 is 1. The summed E-state index contributed by atoms with van der Waals surface area (Å²) in [6.45, 7) is 0. The molecule has 90 valence electrons. The molecule has 0 bridgehead atoms. The highest BCUT2D eigenvalue weighted by Gasteiger charge is 1.98. The predicted octanol–water partition coefficient (Wildman–Crippen LogP) is 4.00. The average molecular weight is 305 g/mol. The first-order valence-corrected chi connectivity index (χ1v) is 6.09. The van der Waals surface area contributed by atoms with Gasteiger partial charge in [0.15, 0.2) is 0 Å². The van der Waals surface area contributed by atoms with Crippen LogP contribution in [0.5, 0.6) is 5.75 Å². The van der Waals surface area contributed by atoms with E-state index < -0.39 is 0 Å². The molecule has 0 amide bonds. The van der Waals surface area contributed by atoms with Crippen molar-refractivity contribution in [2.24, 2.45) is 0 Å². The highest BCUT2D eigenvalue weighted by Crippen LogP contribution is 2.21. The van der Waals surface area contributed by atoms with Crippen LogP contribution in [0.25, 0.3) is 0 Å². The van der Waals surface area contributed by atoms with Gasteiger partial charge in [-0.05, 0) is 58.4 Å². The fraction of sp³-hybridized carbons (Fsp3) is 0.0667. The van der Waals surface area contributed by atoms with Crippen LogP contribution in [-0.4, -0.2) is 7.11 Å². The summed E-state index contributed by atoms with van der Waals surface area (Å²) in [4.78, 5) is 0. The lowest BCUT2D eigenvalue weighted by Crippen LogP contribution is -1.85. The van der Waals surface area contributed by atoms with Crippen molar-refractivity contribution in [1.82, 2.24) is 0 Å². The molecule has 0 saturated carbocycles. The number of benzene rings is 2. The number of ether oxygens (including phenoxy) is 1. The molecule has 0 saturated heterocycles. The van der Waals surface area contributed by atoms with Crippen molar-refractivity contribution in [1.29, 1.82) is 0 Å². The van der Waals surface area contributed by atoms with Crippen molar-refractivity contribution in [2.75, 3.05) is 7.11 Å². The van der Waals surface area contributed by atoms with Crippen LogP contribution in [0.4, 0.5) is 4.39 Å². The van der Waals surface area contributed by atoms with Gasteiger partial charge in [-0.25, -0.2) is 4.39 Å². The summed E-state index contributed by atoms with van der Waals surface area (Å²) in [6.07, 6.45) is 0. The van der Waals surface area contributed by atoms with Crippen molar-refractivity contribution in [3.8, 4) is 17.6 Å². The van der Waals surface area contributed by atoms with Gasteiger partial charge in [-0.2, -0.15) is 0 Å². The van der Waals surface area contributed by atoms with Crippen LogP contribution >= 0.6 is 15.9 Å². The Morgan fingerprint density at radius 1 is 1.06 bits per heavy atom. The van der Waals surface area contributed by atoms with Gasteiger partial charge >= 0.3 is 0 Å². The Hall–Kier alpha value is -1.79. The van der Waals surface area contributed by atoms with Crippen LogP contribution in [0.1, 0.15) is 11.1 Å². The Labute approximate surface area is 114 Å². The van der Waals surface area contributed by atoms with E-state index in [1.54, 1.807) is 19.2 Å². The summed E-state index contributed by atoms with van der Waals surface area (Å²) in [7, 11) is 1.61. The molecule has 0 fully saturated rings. The van der Waals surface area contributed by atoms with E-state index >= 15 is 0 Å². The fourth-order valence-electron chi connectivity index (χ4n) is 1.40. The lowest BCUT2D eigenvalue weighted by Gasteiger charge is -2.01. The number of hydrogen-bond acceptors (Lipinski definition) is 1. The minimum absolute atomic E-state index is 0.261. The molecule has 2 aromatic rings. The second-order valence-corrected chi connectivity index (χ2v) is 4.46. The molecule has 0 aromatic heterocycles. The molecule has 0 aliphatic heterocycles.